The number of benzene rings is 2. The topological polar surface area (TPSA) is 8.81 Å². The Morgan fingerprint density at radius 3 is 2.07 bits per heavy atom. The van der Waals surface area contributed by atoms with Gasteiger partial charge >= 0.3 is 0 Å². The van der Waals surface area contributed by atoms with Gasteiger partial charge < -0.3 is 0 Å². The first-order valence-corrected chi connectivity index (χ1v) is 10.7. The van der Waals surface area contributed by atoms with Gasteiger partial charge in [0.25, 0.3) is 0 Å². The molecular formula is C27H35N2+. The van der Waals surface area contributed by atoms with E-state index in [-0.39, 0.29) is 16.2 Å². The van der Waals surface area contributed by atoms with Gasteiger partial charge in [-0.15, -0.1) is 9.36 Å². The van der Waals surface area contributed by atoms with E-state index in [2.05, 4.69) is 120 Å². The number of aromatic nitrogens is 2. The van der Waals surface area contributed by atoms with Gasteiger partial charge in [-0.25, -0.2) is 0 Å². The standard InChI is InChI=1S/C27H35N2/c1-18-21(25(2,3)4)15-16-22-23(18)29-24(27(7,8)26(22,5)6)20(17-28(29)9)19-13-11-10-12-14-19/h10-17H,1-9H3/q+1. The zero-order chi connectivity index (χ0) is 21.4. The highest BCUT2D eigenvalue weighted by Crippen LogP contribution is 2.53. The third kappa shape index (κ3) is 2.64. The minimum absolute atomic E-state index is 0.00832. The molecule has 0 atom stereocenters. The average Bonchev–Trinajstić information content (AvgIpc) is 2.98. The van der Waals surface area contributed by atoms with Crippen molar-refractivity contribution in [3.05, 3.63) is 71.0 Å². The van der Waals surface area contributed by atoms with Crippen molar-refractivity contribution in [1.29, 1.82) is 0 Å². The molecule has 0 spiro atoms. The minimum atomic E-state index is -0.0257. The molecule has 1 aliphatic rings. The molecular weight excluding hydrogens is 352 g/mol. The van der Waals surface area contributed by atoms with Crippen molar-refractivity contribution >= 4 is 0 Å². The van der Waals surface area contributed by atoms with Crippen LogP contribution in [0.1, 0.15) is 70.9 Å². The van der Waals surface area contributed by atoms with E-state index in [1.165, 1.54) is 39.2 Å². The summed E-state index contributed by atoms with van der Waals surface area (Å²) in [6.45, 7) is 18.9. The molecule has 0 aliphatic carbocycles. The summed E-state index contributed by atoms with van der Waals surface area (Å²) in [5, 5.41) is 0. The van der Waals surface area contributed by atoms with Crippen molar-refractivity contribution in [3.63, 3.8) is 0 Å². The molecule has 2 nitrogen and oxygen atoms in total. The Morgan fingerprint density at radius 2 is 1.48 bits per heavy atom. The molecule has 2 aromatic carbocycles. The van der Waals surface area contributed by atoms with Gasteiger partial charge in [-0.1, -0.05) is 90.9 Å². The van der Waals surface area contributed by atoms with Crippen molar-refractivity contribution in [2.45, 2.75) is 71.6 Å². The third-order valence-electron chi connectivity index (χ3n) is 7.46. The molecule has 0 unspecified atom stereocenters. The van der Waals surface area contributed by atoms with Gasteiger partial charge in [-0.05, 0) is 34.6 Å². The molecule has 3 aromatic rings. The van der Waals surface area contributed by atoms with E-state index in [0.29, 0.717) is 0 Å². The van der Waals surface area contributed by atoms with Crippen molar-refractivity contribution in [1.82, 2.24) is 4.68 Å². The van der Waals surface area contributed by atoms with E-state index in [1.54, 1.807) is 0 Å². The van der Waals surface area contributed by atoms with Crippen LogP contribution in [-0.2, 0) is 23.3 Å². The molecule has 29 heavy (non-hydrogen) atoms. The first-order valence-electron chi connectivity index (χ1n) is 10.7. The van der Waals surface area contributed by atoms with Gasteiger partial charge in [-0.2, -0.15) is 0 Å². The van der Waals surface area contributed by atoms with Crippen LogP contribution in [0.3, 0.4) is 0 Å². The zero-order valence-electron chi connectivity index (χ0n) is 19.5. The molecule has 2 heteroatoms. The summed E-state index contributed by atoms with van der Waals surface area (Å²) in [7, 11) is 2.18. The molecule has 0 saturated carbocycles. The van der Waals surface area contributed by atoms with Crippen LogP contribution in [0.4, 0.5) is 0 Å². The van der Waals surface area contributed by atoms with Gasteiger partial charge in [0, 0.05) is 10.8 Å². The molecule has 2 heterocycles. The highest BCUT2D eigenvalue weighted by atomic mass is 15.4. The first-order chi connectivity index (χ1) is 13.4. The number of fused-ring (bicyclic) bond motifs is 3. The van der Waals surface area contributed by atoms with Crippen molar-refractivity contribution in [3.8, 4) is 16.8 Å². The number of nitrogens with zero attached hydrogens (tertiary/aromatic N) is 2. The Bertz CT molecular complexity index is 1090. The molecule has 1 aromatic heterocycles. The maximum absolute atomic E-state index is 2.48. The maximum Gasteiger partial charge on any atom is 0.203 e. The van der Waals surface area contributed by atoms with Crippen LogP contribution in [0.15, 0.2) is 48.7 Å². The largest absolute Gasteiger partial charge is 0.203 e. The number of hydrogen-bond acceptors (Lipinski definition) is 0. The summed E-state index contributed by atoms with van der Waals surface area (Å²) in [5.41, 5.74) is 9.73. The smallest absolute Gasteiger partial charge is 0.124 e. The fraction of sp³-hybridized carbons (Fsp3) is 0.444. The summed E-state index contributed by atoms with van der Waals surface area (Å²) in [6.07, 6.45) is 2.31. The molecule has 152 valence electrons. The van der Waals surface area contributed by atoms with Gasteiger partial charge in [0.1, 0.15) is 11.4 Å². The van der Waals surface area contributed by atoms with Crippen molar-refractivity contribution in [2.24, 2.45) is 7.05 Å². The van der Waals surface area contributed by atoms with Crippen molar-refractivity contribution < 1.29 is 4.68 Å². The predicted molar refractivity (Wildman–Crippen MR) is 122 cm³/mol. The summed E-state index contributed by atoms with van der Waals surface area (Å²) in [5.74, 6) is 0. The van der Waals surface area contributed by atoms with Crippen LogP contribution in [0.2, 0.25) is 0 Å². The van der Waals surface area contributed by atoms with Crippen LogP contribution in [0.5, 0.6) is 0 Å². The number of hydrogen-bond donors (Lipinski definition) is 0. The van der Waals surface area contributed by atoms with Gasteiger partial charge in [0.2, 0.25) is 6.20 Å². The number of rotatable bonds is 1. The summed E-state index contributed by atoms with van der Waals surface area (Å²) in [6, 6.07) is 15.6. The lowest BCUT2D eigenvalue weighted by atomic mass is 9.59. The molecule has 0 N–H and O–H groups in total. The second-order valence-electron chi connectivity index (χ2n) is 10.8. The lowest BCUT2D eigenvalue weighted by Gasteiger charge is -2.47. The first kappa shape index (κ1) is 19.9. The van der Waals surface area contributed by atoms with Crippen LogP contribution < -0.4 is 4.68 Å². The van der Waals surface area contributed by atoms with E-state index in [1.807, 2.05) is 0 Å². The normalized spacial score (nSPS) is 17.0. The SMILES string of the molecule is Cc1c(C(C)(C)C)ccc2c1-n1c(c(-c3ccccc3)c[n+]1C)C(C)(C)C2(C)C. The monoisotopic (exact) mass is 387 g/mol. The fourth-order valence-corrected chi connectivity index (χ4v) is 5.20. The summed E-state index contributed by atoms with van der Waals surface area (Å²) >= 11 is 0. The van der Waals surface area contributed by atoms with Gasteiger partial charge in [0.15, 0.2) is 7.05 Å². The minimum Gasteiger partial charge on any atom is -0.124 e. The Kier molecular flexibility index (Phi) is 4.18. The van der Waals surface area contributed by atoms with Crippen molar-refractivity contribution in [2.75, 3.05) is 0 Å². The summed E-state index contributed by atoms with van der Waals surface area (Å²) < 4.78 is 4.76. The molecule has 0 radical (unpaired) electrons. The Labute approximate surface area is 176 Å². The average molecular weight is 388 g/mol. The second kappa shape index (κ2) is 6.08. The number of aryl methyl sites for hydroxylation is 1. The second-order valence-corrected chi connectivity index (χ2v) is 10.8. The zero-order valence-corrected chi connectivity index (χ0v) is 19.5. The Morgan fingerprint density at radius 1 is 0.862 bits per heavy atom. The van der Waals surface area contributed by atoms with E-state index in [9.17, 15) is 0 Å². The molecule has 0 amide bonds. The molecule has 0 saturated heterocycles. The lowest BCUT2D eigenvalue weighted by molar-refractivity contribution is -0.745. The van der Waals surface area contributed by atoms with Crippen LogP contribution in [0, 0.1) is 6.92 Å². The van der Waals surface area contributed by atoms with Crippen LogP contribution in [-0.4, -0.2) is 4.68 Å². The fourth-order valence-electron chi connectivity index (χ4n) is 5.20. The predicted octanol–water partition coefficient (Wildman–Crippen LogP) is 6.14. The van der Waals surface area contributed by atoms with Crippen LogP contribution >= 0.6 is 0 Å². The summed E-state index contributed by atoms with van der Waals surface area (Å²) in [4.78, 5) is 0. The van der Waals surface area contributed by atoms with E-state index < -0.39 is 0 Å². The highest BCUT2D eigenvalue weighted by Gasteiger charge is 2.51. The molecule has 4 rings (SSSR count). The van der Waals surface area contributed by atoms with E-state index in [4.69, 9.17) is 0 Å². The van der Waals surface area contributed by atoms with E-state index in [0.717, 1.165) is 0 Å². The van der Waals surface area contributed by atoms with E-state index >= 15 is 0 Å². The Balaban J connectivity index is 2.15. The van der Waals surface area contributed by atoms with Gasteiger partial charge in [0.05, 0.1) is 5.56 Å². The van der Waals surface area contributed by atoms with Gasteiger partial charge in [-0.3, -0.25) is 0 Å². The maximum atomic E-state index is 2.48. The molecule has 0 bridgehead atoms. The lowest BCUT2D eigenvalue weighted by Crippen LogP contribution is -2.51. The third-order valence-corrected chi connectivity index (χ3v) is 7.46. The Hall–Kier alpha value is -2.35. The molecule has 1 aliphatic heterocycles. The highest BCUT2D eigenvalue weighted by molar-refractivity contribution is 5.71. The van der Waals surface area contributed by atoms with Crippen LogP contribution in [0.25, 0.3) is 16.8 Å². The quantitative estimate of drug-likeness (QED) is 0.443. The molecule has 0 fully saturated rings.